The SMILES string of the molecule is COc1ccc(O[C@H](C)C(=O)NCc2ccc3c(c2)OCO3)c([N+](=O)[O-])c1. The Morgan fingerprint density at radius 1 is 1.26 bits per heavy atom. The normalized spacial score (nSPS) is 13.0. The number of rotatable bonds is 7. The molecule has 0 saturated heterocycles. The van der Waals surface area contributed by atoms with E-state index in [4.69, 9.17) is 18.9 Å². The van der Waals surface area contributed by atoms with Gasteiger partial charge in [0.2, 0.25) is 6.79 Å². The number of hydrogen-bond acceptors (Lipinski definition) is 7. The molecule has 27 heavy (non-hydrogen) atoms. The van der Waals surface area contributed by atoms with Gasteiger partial charge in [0.25, 0.3) is 5.91 Å². The Balaban J connectivity index is 1.62. The molecule has 0 bridgehead atoms. The lowest BCUT2D eigenvalue weighted by Gasteiger charge is -2.15. The van der Waals surface area contributed by atoms with Gasteiger partial charge in [-0.3, -0.25) is 14.9 Å². The average Bonchev–Trinajstić information content (AvgIpc) is 3.13. The van der Waals surface area contributed by atoms with E-state index in [1.54, 1.807) is 12.1 Å². The fraction of sp³-hybridized carbons (Fsp3) is 0.278. The number of carbonyl (C=O) groups excluding carboxylic acids is 1. The van der Waals surface area contributed by atoms with Crippen molar-refractivity contribution in [2.75, 3.05) is 13.9 Å². The molecule has 9 nitrogen and oxygen atoms in total. The lowest BCUT2D eigenvalue weighted by Crippen LogP contribution is -2.36. The molecule has 9 heteroatoms. The van der Waals surface area contributed by atoms with Crippen LogP contribution in [-0.2, 0) is 11.3 Å². The van der Waals surface area contributed by atoms with Gasteiger partial charge >= 0.3 is 5.69 Å². The van der Waals surface area contributed by atoms with E-state index < -0.39 is 16.9 Å². The summed E-state index contributed by atoms with van der Waals surface area (Å²) in [5, 5.41) is 13.9. The summed E-state index contributed by atoms with van der Waals surface area (Å²) in [6.07, 6.45) is -0.925. The van der Waals surface area contributed by atoms with Gasteiger partial charge in [-0.2, -0.15) is 0 Å². The molecule has 2 aromatic rings. The van der Waals surface area contributed by atoms with E-state index in [-0.39, 0.29) is 24.8 Å². The average molecular weight is 374 g/mol. The van der Waals surface area contributed by atoms with Gasteiger partial charge in [-0.05, 0) is 36.8 Å². The van der Waals surface area contributed by atoms with Crippen molar-refractivity contribution in [3.8, 4) is 23.0 Å². The van der Waals surface area contributed by atoms with Crippen molar-refractivity contribution >= 4 is 11.6 Å². The number of nitro benzene ring substituents is 1. The Labute approximate surface area is 154 Å². The molecule has 2 aromatic carbocycles. The summed E-state index contributed by atoms with van der Waals surface area (Å²) in [4.78, 5) is 22.9. The summed E-state index contributed by atoms with van der Waals surface area (Å²) < 4.78 is 21.0. The summed E-state index contributed by atoms with van der Waals surface area (Å²) in [7, 11) is 1.41. The van der Waals surface area contributed by atoms with E-state index in [2.05, 4.69) is 5.32 Å². The number of fused-ring (bicyclic) bond motifs is 1. The van der Waals surface area contributed by atoms with Crippen molar-refractivity contribution in [2.45, 2.75) is 19.6 Å². The molecular weight excluding hydrogens is 356 g/mol. The Hall–Kier alpha value is -3.49. The molecule has 1 atom stereocenters. The minimum absolute atomic E-state index is 0.00784. The highest BCUT2D eigenvalue weighted by atomic mass is 16.7. The number of methoxy groups -OCH3 is 1. The molecule has 1 aliphatic rings. The highest BCUT2D eigenvalue weighted by molar-refractivity contribution is 5.80. The maximum atomic E-state index is 12.3. The molecule has 0 aliphatic carbocycles. The van der Waals surface area contributed by atoms with Crippen LogP contribution in [0, 0.1) is 10.1 Å². The van der Waals surface area contributed by atoms with Gasteiger partial charge in [-0.1, -0.05) is 6.07 Å². The number of nitro groups is 1. The second kappa shape index (κ2) is 7.81. The van der Waals surface area contributed by atoms with Crippen molar-refractivity contribution < 1.29 is 28.7 Å². The zero-order chi connectivity index (χ0) is 19.4. The van der Waals surface area contributed by atoms with Crippen LogP contribution in [0.15, 0.2) is 36.4 Å². The molecule has 0 spiro atoms. The van der Waals surface area contributed by atoms with Gasteiger partial charge in [0, 0.05) is 6.54 Å². The van der Waals surface area contributed by atoms with E-state index in [1.807, 2.05) is 6.07 Å². The summed E-state index contributed by atoms with van der Waals surface area (Å²) in [6, 6.07) is 9.53. The van der Waals surface area contributed by atoms with E-state index >= 15 is 0 Å². The first-order chi connectivity index (χ1) is 13.0. The number of nitrogens with one attached hydrogen (secondary N) is 1. The third kappa shape index (κ3) is 4.20. The predicted octanol–water partition coefficient (Wildman–Crippen LogP) is 2.42. The zero-order valence-electron chi connectivity index (χ0n) is 14.8. The number of amides is 1. The Morgan fingerprint density at radius 3 is 2.78 bits per heavy atom. The monoisotopic (exact) mass is 374 g/mol. The van der Waals surface area contributed by atoms with Gasteiger partial charge < -0.3 is 24.3 Å². The van der Waals surface area contributed by atoms with Crippen molar-refractivity contribution in [3.05, 3.63) is 52.1 Å². The summed E-state index contributed by atoms with van der Waals surface area (Å²) in [6.45, 7) is 1.95. The smallest absolute Gasteiger partial charge is 0.314 e. The first kappa shape index (κ1) is 18.3. The molecule has 1 amide bonds. The number of hydrogen-bond donors (Lipinski definition) is 1. The van der Waals surface area contributed by atoms with Crippen molar-refractivity contribution in [1.82, 2.24) is 5.32 Å². The largest absolute Gasteiger partial charge is 0.496 e. The molecule has 1 heterocycles. The molecule has 0 saturated carbocycles. The Morgan fingerprint density at radius 2 is 2.04 bits per heavy atom. The maximum Gasteiger partial charge on any atom is 0.314 e. The molecular formula is C18H18N2O7. The minimum Gasteiger partial charge on any atom is -0.496 e. The van der Waals surface area contributed by atoms with E-state index in [1.165, 1.54) is 32.2 Å². The summed E-state index contributed by atoms with van der Waals surface area (Å²) >= 11 is 0. The van der Waals surface area contributed by atoms with Gasteiger partial charge in [0.15, 0.2) is 23.4 Å². The van der Waals surface area contributed by atoms with E-state index in [0.29, 0.717) is 17.2 Å². The van der Waals surface area contributed by atoms with Crippen LogP contribution in [0.1, 0.15) is 12.5 Å². The first-order valence-corrected chi connectivity index (χ1v) is 8.13. The molecule has 0 fully saturated rings. The molecule has 0 radical (unpaired) electrons. The van der Waals surface area contributed by atoms with Crippen molar-refractivity contribution in [1.29, 1.82) is 0 Å². The Bertz CT molecular complexity index is 869. The van der Waals surface area contributed by atoms with Gasteiger partial charge in [-0.15, -0.1) is 0 Å². The van der Waals surface area contributed by atoms with Crippen LogP contribution in [0.2, 0.25) is 0 Å². The van der Waals surface area contributed by atoms with Crippen LogP contribution in [-0.4, -0.2) is 30.8 Å². The quantitative estimate of drug-likeness (QED) is 0.585. The topological polar surface area (TPSA) is 109 Å². The van der Waals surface area contributed by atoms with Crippen molar-refractivity contribution in [2.24, 2.45) is 0 Å². The lowest BCUT2D eigenvalue weighted by molar-refractivity contribution is -0.386. The Kier molecular flexibility index (Phi) is 5.30. The first-order valence-electron chi connectivity index (χ1n) is 8.13. The highest BCUT2D eigenvalue weighted by Crippen LogP contribution is 2.33. The van der Waals surface area contributed by atoms with E-state index in [9.17, 15) is 14.9 Å². The van der Waals surface area contributed by atoms with Crippen molar-refractivity contribution in [3.63, 3.8) is 0 Å². The number of nitrogens with zero attached hydrogens (tertiary/aromatic N) is 1. The third-order valence-corrected chi connectivity index (χ3v) is 3.94. The number of carbonyl (C=O) groups is 1. The van der Waals surface area contributed by atoms with Crippen LogP contribution >= 0.6 is 0 Å². The molecule has 1 N–H and O–H groups in total. The van der Waals surface area contributed by atoms with Crippen LogP contribution in [0.3, 0.4) is 0 Å². The molecule has 142 valence electrons. The van der Waals surface area contributed by atoms with Crippen LogP contribution in [0.5, 0.6) is 23.0 Å². The lowest BCUT2D eigenvalue weighted by atomic mass is 10.2. The highest BCUT2D eigenvalue weighted by Gasteiger charge is 2.22. The van der Waals surface area contributed by atoms with Crippen LogP contribution in [0.4, 0.5) is 5.69 Å². The van der Waals surface area contributed by atoms with Crippen LogP contribution in [0.25, 0.3) is 0 Å². The number of benzene rings is 2. The van der Waals surface area contributed by atoms with E-state index in [0.717, 1.165) is 5.56 Å². The van der Waals surface area contributed by atoms with Gasteiger partial charge in [0.1, 0.15) is 5.75 Å². The minimum atomic E-state index is -0.925. The molecule has 3 rings (SSSR count). The third-order valence-electron chi connectivity index (χ3n) is 3.94. The second-order valence-electron chi connectivity index (χ2n) is 5.76. The summed E-state index contributed by atoms with van der Waals surface area (Å²) in [5.41, 5.74) is 0.556. The predicted molar refractivity (Wildman–Crippen MR) is 94.2 cm³/mol. The van der Waals surface area contributed by atoms with Crippen LogP contribution < -0.4 is 24.3 Å². The molecule has 0 aromatic heterocycles. The summed E-state index contributed by atoms with van der Waals surface area (Å²) in [5.74, 6) is 1.20. The fourth-order valence-electron chi connectivity index (χ4n) is 2.49. The molecule has 1 aliphatic heterocycles. The standard InChI is InChI=1S/C18H18N2O7/c1-11(27-15-6-4-13(24-2)8-14(15)20(22)23)18(21)19-9-12-3-5-16-17(7-12)26-10-25-16/h3-8,11H,9-10H2,1-2H3,(H,19,21)/t11-/m1/s1. The van der Waals surface area contributed by atoms with Gasteiger partial charge in [-0.25, -0.2) is 0 Å². The maximum absolute atomic E-state index is 12.3. The second-order valence-corrected chi connectivity index (χ2v) is 5.76. The number of ether oxygens (including phenoxy) is 4. The fourth-order valence-corrected chi connectivity index (χ4v) is 2.49. The zero-order valence-corrected chi connectivity index (χ0v) is 14.8. The molecule has 0 unspecified atom stereocenters. The van der Waals surface area contributed by atoms with Gasteiger partial charge in [0.05, 0.1) is 18.1 Å².